The van der Waals surface area contributed by atoms with Crippen LogP contribution in [0, 0.1) is 10.8 Å². The van der Waals surface area contributed by atoms with Gasteiger partial charge in [-0.25, -0.2) is 0 Å². The smallest absolute Gasteiger partial charge is 0.308 e. The van der Waals surface area contributed by atoms with Crippen molar-refractivity contribution < 1.29 is 19.8 Å². The summed E-state index contributed by atoms with van der Waals surface area (Å²) >= 11 is 0. The largest absolute Gasteiger partial charge is 0.481 e. The summed E-state index contributed by atoms with van der Waals surface area (Å²) in [6.45, 7) is 18.8. The molecule has 0 spiro atoms. The Labute approximate surface area is 127 Å². The Balaban J connectivity index is -0.0000000340. The van der Waals surface area contributed by atoms with Crippen molar-refractivity contribution >= 4 is 11.9 Å². The number of aliphatic carboxylic acids is 2. The third-order valence-electron chi connectivity index (χ3n) is 0.642. The topological polar surface area (TPSA) is 74.6 Å². The molecule has 2 N–H and O–H groups in total. The summed E-state index contributed by atoms with van der Waals surface area (Å²) in [5.74, 6) is -1.59. The highest BCUT2D eigenvalue weighted by molar-refractivity contribution is 5.72. The molecular weight excluding hydrogens is 256 g/mol. The molecule has 0 aromatic heterocycles. The van der Waals surface area contributed by atoms with Crippen LogP contribution in [-0.2, 0) is 9.59 Å². The first-order valence-corrected chi connectivity index (χ1v) is 6.11. The maximum Gasteiger partial charge on any atom is 0.308 e. The van der Waals surface area contributed by atoms with Crippen LogP contribution in [0.2, 0.25) is 0 Å². The lowest BCUT2D eigenvalue weighted by Gasteiger charge is -2.08. The molecule has 0 aromatic rings. The molecule has 0 radical (unpaired) electrons. The van der Waals surface area contributed by atoms with Gasteiger partial charge in [-0.05, 0) is 26.2 Å². The van der Waals surface area contributed by atoms with E-state index in [0.717, 1.165) is 6.92 Å². The SMILES string of the molecule is C.C.CC.CC(=O)O.CC(C)(C)C.CC(C)(C)C(=O)O. The lowest BCUT2D eigenvalue weighted by molar-refractivity contribution is -0.145. The molecule has 0 saturated carbocycles. The maximum absolute atomic E-state index is 10.0. The Kier molecular flexibility index (Phi) is 32.7. The highest BCUT2D eigenvalue weighted by Crippen LogP contribution is 2.11. The maximum atomic E-state index is 10.0. The number of hydrogen-bond donors (Lipinski definition) is 2. The molecular formula is C16H40O4. The third-order valence-corrected chi connectivity index (χ3v) is 0.642. The van der Waals surface area contributed by atoms with Gasteiger partial charge in [-0.2, -0.15) is 0 Å². The molecule has 0 saturated heterocycles. The zero-order valence-electron chi connectivity index (χ0n) is 13.7. The van der Waals surface area contributed by atoms with E-state index in [9.17, 15) is 4.79 Å². The Morgan fingerprint density at radius 3 is 0.800 bits per heavy atom. The number of rotatable bonds is 0. The van der Waals surface area contributed by atoms with E-state index in [2.05, 4.69) is 27.7 Å². The normalized spacial score (nSPS) is 8.50. The van der Waals surface area contributed by atoms with Crippen LogP contribution < -0.4 is 0 Å². The van der Waals surface area contributed by atoms with E-state index in [1.807, 2.05) is 13.8 Å². The summed E-state index contributed by atoms with van der Waals surface area (Å²) in [5.41, 5.74) is -0.0833. The van der Waals surface area contributed by atoms with Crippen molar-refractivity contribution in [2.75, 3.05) is 0 Å². The van der Waals surface area contributed by atoms with Crippen LogP contribution in [0.5, 0.6) is 0 Å². The highest BCUT2D eigenvalue weighted by atomic mass is 16.4. The van der Waals surface area contributed by atoms with Crippen LogP contribution in [0.15, 0.2) is 0 Å². The van der Waals surface area contributed by atoms with Gasteiger partial charge in [-0.3, -0.25) is 9.59 Å². The van der Waals surface area contributed by atoms with Crippen LogP contribution >= 0.6 is 0 Å². The molecule has 128 valence electrons. The predicted molar refractivity (Wildman–Crippen MR) is 90.3 cm³/mol. The molecule has 4 nitrogen and oxygen atoms in total. The van der Waals surface area contributed by atoms with Gasteiger partial charge in [0.1, 0.15) is 0 Å². The Morgan fingerprint density at radius 1 is 0.750 bits per heavy atom. The monoisotopic (exact) mass is 296 g/mol. The highest BCUT2D eigenvalue weighted by Gasteiger charge is 2.18. The summed E-state index contributed by atoms with van der Waals surface area (Å²) in [4.78, 5) is 19.0. The predicted octanol–water partition coefficient (Wildman–Crippen LogP) is 5.56. The van der Waals surface area contributed by atoms with Gasteiger partial charge < -0.3 is 10.2 Å². The van der Waals surface area contributed by atoms with E-state index in [1.54, 1.807) is 20.8 Å². The van der Waals surface area contributed by atoms with Crippen molar-refractivity contribution in [1.29, 1.82) is 0 Å². The molecule has 0 rings (SSSR count). The van der Waals surface area contributed by atoms with Crippen molar-refractivity contribution in [3.63, 3.8) is 0 Å². The second-order valence-corrected chi connectivity index (χ2v) is 6.07. The van der Waals surface area contributed by atoms with E-state index >= 15 is 0 Å². The standard InChI is InChI=1S/C5H10O2.C5H12.C2H4O2.C2H6.2CH4/c1-5(2,3)4(6)7;1-5(2,3)4;1-2(3)4;1-2;;/h1-3H3,(H,6,7);1-4H3;1H3,(H,3,4);1-2H3;2*1H4. The fourth-order valence-corrected chi connectivity index (χ4v) is 0. The van der Waals surface area contributed by atoms with Crippen molar-refractivity contribution in [2.24, 2.45) is 10.8 Å². The molecule has 0 aromatic carbocycles. The first-order valence-electron chi connectivity index (χ1n) is 6.11. The van der Waals surface area contributed by atoms with Gasteiger partial charge in [0.05, 0.1) is 5.41 Å². The van der Waals surface area contributed by atoms with Crippen molar-refractivity contribution in [1.82, 2.24) is 0 Å². The minimum absolute atomic E-state index is 0. The minimum atomic E-state index is -0.833. The van der Waals surface area contributed by atoms with Gasteiger partial charge in [0.15, 0.2) is 0 Å². The molecule has 0 unspecified atom stereocenters. The quantitative estimate of drug-likeness (QED) is 0.613. The number of hydrogen-bond acceptors (Lipinski definition) is 2. The number of carboxylic acids is 2. The van der Waals surface area contributed by atoms with Gasteiger partial charge in [-0.1, -0.05) is 56.4 Å². The van der Waals surface area contributed by atoms with E-state index in [4.69, 9.17) is 15.0 Å². The molecule has 4 heteroatoms. The average Bonchev–Trinajstić information content (AvgIpc) is 2.01. The lowest BCUT2D eigenvalue weighted by atomic mass is 9.98. The van der Waals surface area contributed by atoms with E-state index in [1.165, 1.54) is 0 Å². The Bertz CT molecular complexity index is 197. The summed E-state index contributed by atoms with van der Waals surface area (Å²) in [6, 6.07) is 0. The molecule has 0 atom stereocenters. The number of carbonyl (C=O) groups is 2. The average molecular weight is 296 g/mol. The zero-order valence-corrected chi connectivity index (χ0v) is 13.7. The first-order chi connectivity index (χ1) is 7.68. The van der Waals surface area contributed by atoms with Crippen LogP contribution in [0.25, 0.3) is 0 Å². The zero-order chi connectivity index (χ0) is 16.2. The summed E-state index contributed by atoms with van der Waals surface area (Å²) in [5, 5.41) is 15.7. The van der Waals surface area contributed by atoms with Crippen LogP contribution in [0.3, 0.4) is 0 Å². The third kappa shape index (κ3) is 176. The molecule has 0 aliphatic carbocycles. The van der Waals surface area contributed by atoms with E-state index in [-0.39, 0.29) is 14.9 Å². The number of carboxylic acid groups (broad SMARTS) is 2. The van der Waals surface area contributed by atoms with Crippen molar-refractivity contribution in [2.45, 2.75) is 84.1 Å². The second kappa shape index (κ2) is 17.9. The van der Waals surface area contributed by atoms with Crippen molar-refractivity contribution in [3.05, 3.63) is 0 Å². The van der Waals surface area contributed by atoms with Gasteiger partial charge in [-0.15, -0.1) is 0 Å². The summed E-state index contributed by atoms with van der Waals surface area (Å²) in [7, 11) is 0. The van der Waals surface area contributed by atoms with Crippen molar-refractivity contribution in [3.8, 4) is 0 Å². The summed E-state index contributed by atoms with van der Waals surface area (Å²) < 4.78 is 0. The fraction of sp³-hybridized carbons (Fsp3) is 0.875. The van der Waals surface area contributed by atoms with Crippen LogP contribution in [-0.4, -0.2) is 22.2 Å². The fourth-order valence-electron chi connectivity index (χ4n) is 0. The molecule has 20 heavy (non-hydrogen) atoms. The van der Waals surface area contributed by atoms with Gasteiger partial charge >= 0.3 is 5.97 Å². The first kappa shape index (κ1) is 36.4. The molecule has 0 aliphatic heterocycles. The van der Waals surface area contributed by atoms with E-state index in [0.29, 0.717) is 5.41 Å². The Morgan fingerprint density at radius 2 is 0.800 bits per heavy atom. The molecule has 0 amide bonds. The molecule has 0 fully saturated rings. The molecule has 0 bridgehead atoms. The van der Waals surface area contributed by atoms with Gasteiger partial charge in [0, 0.05) is 6.92 Å². The minimum Gasteiger partial charge on any atom is -0.481 e. The Hall–Kier alpha value is -1.06. The van der Waals surface area contributed by atoms with Crippen LogP contribution in [0.4, 0.5) is 0 Å². The van der Waals surface area contributed by atoms with Gasteiger partial charge in [0.25, 0.3) is 5.97 Å². The summed E-state index contributed by atoms with van der Waals surface area (Å²) in [6.07, 6.45) is 0. The molecule has 0 aliphatic rings. The molecule has 0 heterocycles. The van der Waals surface area contributed by atoms with Crippen LogP contribution in [0.1, 0.15) is 84.1 Å². The van der Waals surface area contributed by atoms with Gasteiger partial charge in [0.2, 0.25) is 0 Å². The lowest BCUT2D eigenvalue weighted by Crippen LogP contribution is -2.18. The second-order valence-electron chi connectivity index (χ2n) is 6.07. The van der Waals surface area contributed by atoms with E-state index < -0.39 is 17.4 Å².